The first-order chi connectivity index (χ1) is 10.1. The van der Waals surface area contributed by atoms with Crippen molar-refractivity contribution < 1.29 is 9.90 Å². The third-order valence-corrected chi connectivity index (χ3v) is 4.19. The highest BCUT2D eigenvalue weighted by Gasteiger charge is 2.39. The first kappa shape index (κ1) is 15.3. The summed E-state index contributed by atoms with van der Waals surface area (Å²) in [5.74, 6) is -0.794. The van der Waals surface area contributed by atoms with Crippen molar-refractivity contribution in [2.45, 2.75) is 10.7 Å². The van der Waals surface area contributed by atoms with Gasteiger partial charge in [0.05, 0.1) is 0 Å². The minimum Gasteiger partial charge on any atom is -0.480 e. The number of H-pyrrole nitrogens is 1. The van der Waals surface area contributed by atoms with Crippen molar-refractivity contribution in [3.8, 4) is 0 Å². The molecule has 2 rings (SSSR count). The number of carboxylic acids is 1. The molecule has 0 aliphatic heterocycles. The average molecular weight is 305 g/mol. The quantitative estimate of drug-likeness (QED) is 0.546. The molecule has 7 heteroatoms. The van der Waals surface area contributed by atoms with E-state index in [-0.39, 0.29) is 11.3 Å². The Morgan fingerprint density at radius 1 is 1.38 bits per heavy atom. The molecule has 0 bridgehead atoms. The van der Waals surface area contributed by atoms with Gasteiger partial charge >= 0.3 is 5.97 Å². The Morgan fingerprint density at radius 2 is 2.10 bits per heavy atom. The van der Waals surface area contributed by atoms with Crippen LogP contribution in [0.5, 0.6) is 0 Å². The number of hydrogen-bond donors (Lipinski definition) is 3. The Morgan fingerprint density at radius 3 is 2.67 bits per heavy atom. The minimum absolute atomic E-state index is 0.190. The lowest BCUT2D eigenvalue weighted by atomic mass is 9.92. The van der Waals surface area contributed by atoms with E-state index in [4.69, 9.17) is 0 Å². The Labute approximate surface area is 125 Å². The van der Waals surface area contributed by atoms with Gasteiger partial charge in [-0.2, -0.15) is 0 Å². The molecule has 1 atom stereocenters. The number of aromatic nitrogens is 2. The number of thioether (sulfide) groups is 1. The molecule has 0 fully saturated rings. The number of carbonyl (C=O) groups is 1. The number of aromatic amines is 1. The molecule has 1 unspecified atom stereocenters. The summed E-state index contributed by atoms with van der Waals surface area (Å²) in [7, 11) is 1.60. The van der Waals surface area contributed by atoms with Gasteiger partial charge < -0.3 is 15.4 Å². The summed E-state index contributed by atoms with van der Waals surface area (Å²) >= 11 is 1.18. The van der Waals surface area contributed by atoms with Crippen molar-refractivity contribution in [2.75, 3.05) is 12.8 Å². The van der Waals surface area contributed by atoms with Crippen LogP contribution in [0.15, 0.2) is 52.5 Å². The Kier molecular flexibility index (Phi) is 4.77. The molecule has 1 aromatic heterocycles. The highest BCUT2D eigenvalue weighted by atomic mass is 32.2. The van der Waals surface area contributed by atoms with Gasteiger partial charge in [0.1, 0.15) is 0 Å². The van der Waals surface area contributed by atoms with Crippen molar-refractivity contribution in [2.24, 2.45) is 0 Å². The Bertz CT molecular complexity index is 674. The summed E-state index contributed by atoms with van der Waals surface area (Å²) in [4.78, 5) is 29.6. The normalized spacial score (nSPS) is 13.6. The molecule has 0 spiro atoms. The molecule has 3 N–H and O–H groups in total. The fraction of sp³-hybridized carbons (Fsp3) is 0.214. The Hall–Kier alpha value is -2.12. The van der Waals surface area contributed by atoms with Crippen LogP contribution in [0.25, 0.3) is 0 Å². The van der Waals surface area contributed by atoms with Crippen molar-refractivity contribution in [1.82, 2.24) is 15.3 Å². The van der Waals surface area contributed by atoms with Crippen molar-refractivity contribution in [3.63, 3.8) is 0 Å². The maximum atomic E-state index is 11.8. The predicted molar refractivity (Wildman–Crippen MR) is 80.4 cm³/mol. The van der Waals surface area contributed by atoms with Gasteiger partial charge in [-0.1, -0.05) is 42.1 Å². The van der Waals surface area contributed by atoms with E-state index in [0.717, 1.165) is 0 Å². The zero-order valence-electron chi connectivity index (χ0n) is 11.4. The number of benzene rings is 1. The molecule has 0 saturated carbocycles. The van der Waals surface area contributed by atoms with Gasteiger partial charge in [-0.05, 0) is 12.6 Å². The smallest absolute Gasteiger partial charge is 0.329 e. The first-order valence-corrected chi connectivity index (χ1v) is 7.23. The third kappa shape index (κ3) is 3.32. The van der Waals surface area contributed by atoms with Gasteiger partial charge in [0, 0.05) is 18.0 Å². The number of carboxylic acid groups (broad SMARTS) is 1. The van der Waals surface area contributed by atoms with E-state index >= 15 is 0 Å². The SMILES string of the molecule is CNC(CSc1nccc(=O)[nH]1)(C(=O)O)c1ccccc1. The molecule has 0 aliphatic carbocycles. The second-order valence-corrected chi connectivity index (χ2v) is 5.32. The summed E-state index contributed by atoms with van der Waals surface area (Å²) in [5, 5.41) is 12.9. The largest absolute Gasteiger partial charge is 0.480 e. The zero-order valence-corrected chi connectivity index (χ0v) is 12.2. The van der Waals surface area contributed by atoms with E-state index in [1.165, 1.54) is 24.0 Å². The summed E-state index contributed by atoms with van der Waals surface area (Å²) < 4.78 is 0. The van der Waals surface area contributed by atoms with Crippen LogP contribution in [0.3, 0.4) is 0 Å². The fourth-order valence-electron chi connectivity index (χ4n) is 1.92. The lowest BCUT2D eigenvalue weighted by Gasteiger charge is -2.29. The highest BCUT2D eigenvalue weighted by Crippen LogP contribution is 2.28. The predicted octanol–water partition coefficient (Wildman–Crippen LogP) is 1.06. The second-order valence-electron chi connectivity index (χ2n) is 4.35. The molecule has 110 valence electrons. The number of hydrogen-bond acceptors (Lipinski definition) is 5. The van der Waals surface area contributed by atoms with E-state index in [9.17, 15) is 14.7 Å². The average Bonchev–Trinajstić information content (AvgIpc) is 2.49. The van der Waals surface area contributed by atoms with Gasteiger partial charge in [-0.3, -0.25) is 4.79 Å². The molecule has 21 heavy (non-hydrogen) atoms. The van der Waals surface area contributed by atoms with E-state index in [1.54, 1.807) is 31.3 Å². The van der Waals surface area contributed by atoms with E-state index < -0.39 is 11.5 Å². The van der Waals surface area contributed by atoms with Crippen LogP contribution >= 0.6 is 11.8 Å². The highest BCUT2D eigenvalue weighted by molar-refractivity contribution is 7.99. The molecular formula is C14H15N3O3S. The molecule has 2 aromatic rings. The van der Waals surface area contributed by atoms with Crippen molar-refractivity contribution >= 4 is 17.7 Å². The lowest BCUT2D eigenvalue weighted by Crippen LogP contribution is -2.49. The molecule has 0 saturated heterocycles. The van der Waals surface area contributed by atoms with Gasteiger partial charge in [-0.15, -0.1) is 0 Å². The summed E-state index contributed by atoms with van der Waals surface area (Å²) in [6.45, 7) is 0. The van der Waals surface area contributed by atoms with Crippen LogP contribution in [0.1, 0.15) is 5.56 Å². The summed E-state index contributed by atoms with van der Waals surface area (Å²) in [6, 6.07) is 10.2. The van der Waals surface area contributed by atoms with Crippen LogP contribution in [0, 0.1) is 0 Å². The molecule has 6 nitrogen and oxygen atoms in total. The van der Waals surface area contributed by atoms with Crippen LogP contribution in [0.4, 0.5) is 0 Å². The van der Waals surface area contributed by atoms with Gasteiger partial charge in [0.2, 0.25) is 0 Å². The summed E-state index contributed by atoms with van der Waals surface area (Å²) in [5.41, 5.74) is -0.872. The fourth-order valence-corrected chi connectivity index (χ4v) is 3.01. The molecule has 0 aliphatic rings. The third-order valence-electron chi connectivity index (χ3n) is 3.13. The van der Waals surface area contributed by atoms with Crippen LogP contribution < -0.4 is 10.9 Å². The van der Waals surface area contributed by atoms with Gasteiger partial charge in [0.25, 0.3) is 5.56 Å². The van der Waals surface area contributed by atoms with Gasteiger partial charge in [0.15, 0.2) is 10.7 Å². The molecule has 0 amide bonds. The number of nitrogens with one attached hydrogen (secondary N) is 2. The molecule has 1 aromatic carbocycles. The second kappa shape index (κ2) is 6.55. The van der Waals surface area contributed by atoms with E-state index in [0.29, 0.717) is 10.7 Å². The maximum absolute atomic E-state index is 11.8. The number of nitrogens with zero attached hydrogens (tertiary/aromatic N) is 1. The van der Waals surface area contributed by atoms with Crippen LogP contribution in [-0.2, 0) is 10.3 Å². The minimum atomic E-state index is -1.25. The van der Waals surface area contributed by atoms with Crippen LogP contribution in [-0.4, -0.2) is 33.8 Å². The molecular weight excluding hydrogens is 290 g/mol. The van der Waals surface area contributed by atoms with Crippen molar-refractivity contribution in [3.05, 3.63) is 58.5 Å². The molecule has 1 heterocycles. The Balaban J connectivity index is 2.29. The standard InChI is InChI=1S/C14H15N3O3S/c1-15-14(12(19)20,10-5-3-2-4-6-10)9-21-13-16-8-7-11(18)17-13/h2-8,15H,9H2,1H3,(H,19,20)(H,16,17,18). The monoisotopic (exact) mass is 305 g/mol. The van der Waals surface area contributed by atoms with Crippen LogP contribution in [0.2, 0.25) is 0 Å². The van der Waals surface area contributed by atoms with Crippen molar-refractivity contribution in [1.29, 1.82) is 0 Å². The zero-order chi connectivity index (χ0) is 15.3. The van der Waals surface area contributed by atoms with Gasteiger partial charge in [-0.25, -0.2) is 9.78 Å². The maximum Gasteiger partial charge on any atom is 0.329 e. The molecule has 0 radical (unpaired) electrons. The van der Waals surface area contributed by atoms with E-state index in [1.807, 2.05) is 6.07 Å². The number of aliphatic carboxylic acids is 1. The first-order valence-electron chi connectivity index (χ1n) is 6.24. The lowest BCUT2D eigenvalue weighted by molar-refractivity contribution is -0.144. The number of rotatable bonds is 6. The van der Waals surface area contributed by atoms with E-state index in [2.05, 4.69) is 15.3 Å². The topological polar surface area (TPSA) is 95.1 Å². The number of likely N-dealkylation sites (N-methyl/N-ethyl adjacent to an activating group) is 1. The summed E-state index contributed by atoms with van der Waals surface area (Å²) in [6.07, 6.45) is 1.39.